The number of ether oxygens (including phenoxy) is 1. The number of fused-ring (bicyclic) bond motifs is 3. The lowest BCUT2D eigenvalue weighted by Gasteiger charge is -2.26. The van der Waals surface area contributed by atoms with Crippen molar-refractivity contribution in [3.8, 4) is 16.9 Å². The quantitative estimate of drug-likeness (QED) is 0.655. The van der Waals surface area contributed by atoms with E-state index < -0.39 is 10.8 Å². The summed E-state index contributed by atoms with van der Waals surface area (Å²) in [7, 11) is -1.20. The zero-order valence-corrected chi connectivity index (χ0v) is 16.9. The summed E-state index contributed by atoms with van der Waals surface area (Å²) in [6.07, 6.45) is 0. The van der Waals surface area contributed by atoms with E-state index in [1.54, 1.807) is 4.90 Å². The summed E-state index contributed by atoms with van der Waals surface area (Å²) < 4.78 is 20.1. The van der Waals surface area contributed by atoms with Gasteiger partial charge in [-0.15, -0.1) is 0 Å². The summed E-state index contributed by atoms with van der Waals surface area (Å²) >= 11 is 0. The van der Waals surface area contributed by atoms with Gasteiger partial charge < -0.3 is 9.64 Å². The molecule has 0 aliphatic carbocycles. The second kappa shape index (κ2) is 7.24. The Morgan fingerprint density at radius 3 is 2.69 bits per heavy atom. The number of carbonyl (C=O) groups is 1. The summed E-state index contributed by atoms with van der Waals surface area (Å²) in [5.74, 6) is 0.177. The summed E-state index contributed by atoms with van der Waals surface area (Å²) in [6.45, 7) is 4.18. The van der Waals surface area contributed by atoms with Gasteiger partial charge in [0.15, 0.2) is 5.69 Å². The summed E-state index contributed by atoms with van der Waals surface area (Å²) in [5.41, 5.74) is 4.90. The van der Waals surface area contributed by atoms with E-state index in [1.165, 1.54) is 0 Å². The van der Waals surface area contributed by atoms with Crippen molar-refractivity contribution in [2.75, 3.05) is 26.3 Å². The minimum Gasteiger partial charge on any atom is -0.378 e. The molecular weight excluding hydrogens is 386 g/mol. The highest BCUT2D eigenvalue weighted by Gasteiger charge is 2.33. The van der Waals surface area contributed by atoms with Crippen LogP contribution in [0.2, 0.25) is 0 Å². The van der Waals surface area contributed by atoms with Crippen molar-refractivity contribution in [2.24, 2.45) is 0 Å². The van der Waals surface area contributed by atoms with Gasteiger partial charge in [0.05, 0.1) is 41.1 Å². The molecule has 148 valence electrons. The molecule has 3 aromatic rings. The third kappa shape index (κ3) is 3.10. The number of nitrogens with zero attached hydrogens (tertiary/aromatic N) is 3. The van der Waals surface area contributed by atoms with Crippen LogP contribution in [0.1, 0.15) is 21.6 Å². The van der Waals surface area contributed by atoms with Gasteiger partial charge >= 0.3 is 0 Å². The SMILES string of the molecule is Cc1cccc(-n2nc(C(=O)N3CCOCC3)c3c2-c2ccccc2S(=O)C3)c1. The molecule has 0 bridgehead atoms. The lowest BCUT2D eigenvalue weighted by molar-refractivity contribution is 0.0298. The lowest BCUT2D eigenvalue weighted by atomic mass is 10.0. The highest BCUT2D eigenvalue weighted by molar-refractivity contribution is 7.84. The van der Waals surface area contributed by atoms with Gasteiger partial charge in [-0.1, -0.05) is 30.3 Å². The average molecular weight is 407 g/mol. The van der Waals surface area contributed by atoms with Crippen LogP contribution in [0.5, 0.6) is 0 Å². The molecule has 1 atom stereocenters. The van der Waals surface area contributed by atoms with Gasteiger partial charge in [-0.05, 0) is 30.7 Å². The molecule has 2 aromatic carbocycles. The van der Waals surface area contributed by atoms with E-state index in [4.69, 9.17) is 9.84 Å². The van der Waals surface area contributed by atoms with E-state index in [1.807, 2.05) is 60.1 Å². The molecule has 1 fully saturated rings. The van der Waals surface area contributed by atoms with E-state index in [-0.39, 0.29) is 5.91 Å². The molecule has 0 N–H and O–H groups in total. The molecule has 3 heterocycles. The first-order valence-electron chi connectivity index (χ1n) is 9.67. The van der Waals surface area contributed by atoms with Crippen LogP contribution in [0.25, 0.3) is 16.9 Å². The van der Waals surface area contributed by atoms with Gasteiger partial charge in [-0.25, -0.2) is 4.68 Å². The van der Waals surface area contributed by atoms with E-state index in [2.05, 4.69) is 0 Å². The van der Waals surface area contributed by atoms with Gasteiger partial charge in [0.25, 0.3) is 5.91 Å². The fourth-order valence-corrected chi connectivity index (χ4v) is 5.30. The molecule has 0 saturated carbocycles. The Hall–Kier alpha value is -2.77. The smallest absolute Gasteiger partial charge is 0.274 e. The topological polar surface area (TPSA) is 64.4 Å². The number of aryl methyl sites for hydroxylation is 1. The fraction of sp³-hybridized carbons (Fsp3) is 0.273. The number of hydrogen-bond donors (Lipinski definition) is 0. The summed E-state index contributed by atoms with van der Waals surface area (Å²) in [5, 5.41) is 4.76. The maximum atomic E-state index is 13.3. The highest BCUT2D eigenvalue weighted by Crippen LogP contribution is 2.39. The van der Waals surface area contributed by atoms with Crippen LogP contribution in [0.3, 0.4) is 0 Å². The van der Waals surface area contributed by atoms with Crippen molar-refractivity contribution < 1.29 is 13.7 Å². The van der Waals surface area contributed by atoms with Crippen LogP contribution in [0.15, 0.2) is 53.4 Å². The van der Waals surface area contributed by atoms with E-state index >= 15 is 0 Å². The Bertz CT molecular complexity index is 1130. The van der Waals surface area contributed by atoms with Crippen molar-refractivity contribution in [2.45, 2.75) is 17.6 Å². The minimum absolute atomic E-state index is 0.118. The fourth-order valence-electron chi connectivity index (χ4n) is 3.97. The molecule has 2 aliphatic heterocycles. The van der Waals surface area contributed by atoms with Crippen LogP contribution in [0.4, 0.5) is 0 Å². The summed E-state index contributed by atoms with van der Waals surface area (Å²) in [6, 6.07) is 15.7. The molecule has 1 unspecified atom stereocenters. The van der Waals surface area contributed by atoms with Crippen molar-refractivity contribution in [1.82, 2.24) is 14.7 Å². The van der Waals surface area contributed by atoms with Gasteiger partial charge in [0, 0.05) is 29.1 Å². The maximum Gasteiger partial charge on any atom is 0.274 e. The molecule has 2 aliphatic rings. The zero-order chi connectivity index (χ0) is 20.0. The first-order chi connectivity index (χ1) is 14.1. The number of morpholine rings is 1. The Morgan fingerprint density at radius 2 is 1.90 bits per heavy atom. The number of aromatic nitrogens is 2. The van der Waals surface area contributed by atoms with Crippen molar-refractivity contribution >= 4 is 16.7 Å². The second-order valence-electron chi connectivity index (χ2n) is 7.32. The van der Waals surface area contributed by atoms with Crippen LogP contribution in [0, 0.1) is 6.92 Å². The predicted molar refractivity (Wildman–Crippen MR) is 111 cm³/mol. The van der Waals surface area contributed by atoms with Crippen LogP contribution < -0.4 is 0 Å². The summed E-state index contributed by atoms with van der Waals surface area (Å²) in [4.78, 5) is 15.9. The molecule has 0 spiro atoms. The van der Waals surface area contributed by atoms with Crippen molar-refractivity contribution in [3.05, 3.63) is 65.4 Å². The molecular formula is C22H21N3O3S. The molecule has 1 saturated heterocycles. The Balaban J connectivity index is 1.73. The Morgan fingerprint density at radius 1 is 1.10 bits per heavy atom. The largest absolute Gasteiger partial charge is 0.378 e. The molecule has 0 radical (unpaired) electrons. The maximum absolute atomic E-state index is 13.3. The van der Waals surface area contributed by atoms with Gasteiger partial charge in [0.1, 0.15) is 0 Å². The molecule has 1 amide bonds. The number of benzene rings is 2. The van der Waals surface area contributed by atoms with Gasteiger partial charge in [-0.2, -0.15) is 5.10 Å². The highest BCUT2D eigenvalue weighted by atomic mass is 32.2. The standard InChI is InChI=1S/C22H21N3O3S/c1-15-5-4-6-16(13-15)25-21-17-7-2-3-8-19(17)29(27)14-18(21)20(23-25)22(26)24-9-11-28-12-10-24/h2-8,13H,9-12,14H2,1H3. The van der Waals surface area contributed by atoms with Crippen LogP contribution >= 0.6 is 0 Å². The molecule has 29 heavy (non-hydrogen) atoms. The van der Waals surface area contributed by atoms with Gasteiger partial charge in [-0.3, -0.25) is 9.00 Å². The third-order valence-corrected chi connectivity index (χ3v) is 6.79. The number of hydrogen-bond acceptors (Lipinski definition) is 4. The lowest BCUT2D eigenvalue weighted by Crippen LogP contribution is -2.41. The zero-order valence-electron chi connectivity index (χ0n) is 16.1. The molecule has 6 nitrogen and oxygen atoms in total. The first kappa shape index (κ1) is 18.3. The van der Waals surface area contributed by atoms with Gasteiger partial charge in [0.2, 0.25) is 0 Å². The average Bonchev–Trinajstić information content (AvgIpc) is 3.13. The third-order valence-electron chi connectivity index (χ3n) is 5.39. The van der Waals surface area contributed by atoms with Crippen LogP contribution in [-0.4, -0.2) is 51.1 Å². The van der Waals surface area contributed by atoms with E-state index in [0.717, 1.165) is 33.0 Å². The van der Waals surface area contributed by atoms with Crippen molar-refractivity contribution in [1.29, 1.82) is 0 Å². The number of carbonyl (C=O) groups excluding carboxylic acids is 1. The molecule has 7 heteroatoms. The number of amides is 1. The van der Waals surface area contributed by atoms with E-state index in [9.17, 15) is 9.00 Å². The van der Waals surface area contributed by atoms with Crippen molar-refractivity contribution in [3.63, 3.8) is 0 Å². The molecule has 1 aromatic heterocycles. The Kier molecular flexibility index (Phi) is 4.56. The second-order valence-corrected chi connectivity index (χ2v) is 8.74. The van der Waals surface area contributed by atoms with E-state index in [0.29, 0.717) is 37.8 Å². The van der Waals surface area contributed by atoms with Crippen LogP contribution in [-0.2, 0) is 21.3 Å². The minimum atomic E-state index is -1.20. The Labute approximate surface area is 171 Å². The molecule has 5 rings (SSSR count). The normalized spacial score (nSPS) is 18.2. The first-order valence-corrected chi connectivity index (χ1v) is 11.0. The predicted octanol–water partition coefficient (Wildman–Crippen LogP) is 2.94. The monoisotopic (exact) mass is 407 g/mol. The number of rotatable bonds is 2.